The van der Waals surface area contributed by atoms with Gasteiger partial charge in [-0.2, -0.15) is 0 Å². The average Bonchev–Trinajstić information content (AvgIpc) is 2.43. The second kappa shape index (κ2) is 4.78. The van der Waals surface area contributed by atoms with Crippen molar-refractivity contribution in [1.29, 1.82) is 0 Å². The van der Waals surface area contributed by atoms with Crippen molar-refractivity contribution in [1.82, 2.24) is 14.9 Å². The van der Waals surface area contributed by atoms with Gasteiger partial charge in [-0.25, -0.2) is 4.98 Å². The van der Waals surface area contributed by atoms with E-state index < -0.39 is 0 Å². The third-order valence-corrected chi connectivity index (χ3v) is 4.04. The molecule has 4 heteroatoms. The Hall–Kier alpha value is -2.10. The fraction of sp³-hybridized carbons (Fsp3) is 0.375. The molecule has 0 bridgehead atoms. The number of aryl methyl sites for hydroxylation is 1. The minimum Gasteiger partial charge on any atom is -0.364 e. The molecule has 0 fully saturated rings. The van der Waals surface area contributed by atoms with Crippen LogP contribution in [-0.4, -0.2) is 28.5 Å². The number of aromatic nitrogens is 2. The summed E-state index contributed by atoms with van der Waals surface area (Å²) >= 11 is 0. The van der Waals surface area contributed by atoms with E-state index in [2.05, 4.69) is 53.4 Å². The number of anilines is 1. The molecule has 4 nitrogen and oxygen atoms in total. The van der Waals surface area contributed by atoms with E-state index in [1.54, 1.807) is 0 Å². The third-order valence-electron chi connectivity index (χ3n) is 4.04. The van der Waals surface area contributed by atoms with E-state index in [0.717, 1.165) is 30.2 Å². The molecular weight excluding hydrogens is 248 g/mol. The summed E-state index contributed by atoms with van der Waals surface area (Å²) < 4.78 is 0. The van der Waals surface area contributed by atoms with Gasteiger partial charge in [0.1, 0.15) is 5.69 Å². The van der Waals surface area contributed by atoms with Crippen molar-refractivity contribution in [2.45, 2.75) is 27.2 Å². The molecule has 0 radical (unpaired) electrons. The Morgan fingerprint density at radius 3 is 2.75 bits per heavy atom. The number of allylic oxidation sites excluding steroid dienone is 2. The Morgan fingerprint density at radius 2 is 2.00 bits per heavy atom. The first kappa shape index (κ1) is 12.9. The lowest BCUT2D eigenvalue weighted by Crippen LogP contribution is -2.20. The van der Waals surface area contributed by atoms with Gasteiger partial charge in [-0.1, -0.05) is 0 Å². The number of hydrogen-bond acceptors (Lipinski definition) is 4. The van der Waals surface area contributed by atoms with E-state index in [0.29, 0.717) is 0 Å². The van der Waals surface area contributed by atoms with Crippen LogP contribution in [0.5, 0.6) is 0 Å². The average molecular weight is 268 g/mol. The summed E-state index contributed by atoms with van der Waals surface area (Å²) in [5, 5.41) is 3.37. The molecule has 0 unspecified atom stereocenters. The van der Waals surface area contributed by atoms with Crippen molar-refractivity contribution >= 4 is 11.9 Å². The Kier molecular flexibility index (Phi) is 3.08. The summed E-state index contributed by atoms with van der Waals surface area (Å²) in [6, 6.07) is 0. The fourth-order valence-corrected chi connectivity index (χ4v) is 2.61. The molecule has 0 amide bonds. The van der Waals surface area contributed by atoms with Crippen LogP contribution in [0.15, 0.2) is 34.8 Å². The lowest BCUT2D eigenvalue weighted by Gasteiger charge is -2.28. The minimum absolute atomic E-state index is 0.817. The zero-order valence-electron chi connectivity index (χ0n) is 12.5. The van der Waals surface area contributed by atoms with Crippen molar-refractivity contribution in [2.75, 3.05) is 18.9 Å². The lowest BCUT2D eigenvalue weighted by molar-refractivity contribution is 0.539. The first-order valence-corrected chi connectivity index (χ1v) is 6.93. The van der Waals surface area contributed by atoms with Gasteiger partial charge in [-0.05, 0) is 50.0 Å². The predicted octanol–water partition coefficient (Wildman–Crippen LogP) is 3.11. The molecule has 0 spiro atoms. The van der Waals surface area contributed by atoms with E-state index >= 15 is 0 Å². The van der Waals surface area contributed by atoms with Gasteiger partial charge >= 0.3 is 0 Å². The lowest BCUT2D eigenvalue weighted by atomic mass is 9.94. The topological polar surface area (TPSA) is 41.1 Å². The first-order valence-electron chi connectivity index (χ1n) is 6.93. The van der Waals surface area contributed by atoms with Crippen LogP contribution in [0, 0.1) is 6.92 Å². The van der Waals surface area contributed by atoms with Gasteiger partial charge in [0.2, 0.25) is 0 Å². The Balaban J connectivity index is 1.94. The molecule has 20 heavy (non-hydrogen) atoms. The monoisotopic (exact) mass is 268 g/mol. The van der Waals surface area contributed by atoms with Gasteiger partial charge in [0.05, 0.1) is 5.69 Å². The Labute approximate surface area is 119 Å². The van der Waals surface area contributed by atoms with Crippen molar-refractivity contribution in [3.63, 3.8) is 0 Å². The van der Waals surface area contributed by atoms with Crippen LogP contribution in [-0.2, 0) is 0 Å². The standard InChI is InChI=1S/C16H20N4/c1-10-5-14(9-20(4)12(10)3)13-6-15-16(18-8-13)19-11(2)7-17-15/h6-7,9H,5,8H2,1-4H3,(H,18,19). The quantitative estimate of drug-likeness (QED) is 0.849. The summed E-state index contributed by atoms with van der Waals surface area (Å²) in [5.74, 6) is 0.891. The maximum absolute atomic E-state index is 4.48. The molecular formula is C16H20N4. The van der Waals surface area contributed by atoms with Crippen molar-refractivity contribution in [3.8, 4) is 0 Å². The van der Waals surface area contributed by atoms with E-state index in [9.17, 15) is 0 Å². The molecule has 3 heterocycles. The summed E-state index contributed by atoms with van der Waals surface area (Å²) in [5.41, 5.74) is 7.30. The maximum atomic E-state index is 4.48. The summed E-state index contributed by atoms with van der Waals surface area (Å²) in [7, 11) is 2.10. The highest BCUT2D eigenvalue weighted by atomic mass is 15.1. The maximum Gasteiger partial charge on any atom is 0.152 e. The van der Waals surface area contributed by atoms with Gasteiger partial charge < -0.3 is 10.2 Å². The van der Waals surface area contributed by atoms with Crippen molar-refractivity contribution < 1.29 is 0 Å². The molecule has 2 aliphatic rings. The van der Waals surface area contributed by atoms with Gasteiger partial charge in [-0.3, -0.25) is 4.98 Å². The first-order chi connectivity index (χ1) is 9.54. The summed E-state index contributed by atoms with van der Waals surface area (Å²) in [6.07, 6.45) is 7.21. The SMILES string of the molecule is CC1=C(C)N(C)C=C(C2=Cc3ncc(C)nc3NC2)C1. The van der Waals surface area contributed by atoms with Gasteiger partial charge in [-0.15, -0.1) is 0 Å². The second-order valence-corrected chi connectivity index (χ2v) is 5.58. The Bertz CT molecular complexity index is 652. The van der Waals surface area contributed by atoms with E-state index in [1.807, 2.05) is 13.1 Å². The molecule has 3 rings (SSSR count). The molecule has 0 saturated carbocycles. The number of nitrogens with one attached hydrogen (secondary N) is 1. The molecule has 0 aliphatic carbocycles. The largest absolute Gasteiger partial charge is 0.364 e. The molecule has 0 atom stereocenters. The predicted molar refractivity (Wildman–Crippen MR) is 82.1 cm³/mol. The Morgan fingerprint density at radius 1 is 1.20 bits per heavy atom. The number of rotatable bonds is 1. The van der Waals surface area contributed by atoms with Crippen LogP contribution in [0.25, 0.3) is 6.08 Å². The second-order valence-electron chi connectivity index (χ2n) is 5.58. The highest BCUT2D eigenvalue weighted by Gasteiger charge is 2.19. The highest BCUT2D eigenvalue weighted by molar-refractivity contribution is 5.70. The van der Waals surface area contributed by atoms with Gasteiger partial charge in [0.25, 0.3) is 0 Å². The zero-order chi connectivity index (χ0) is 14.3. The molecule has 1 aromatic heterocycles. The van der Waals surface area contributed by atoms with Crippen LogP contribution >= 0.6 is 0 Å². The fourth-order valence-electron chi connectivity index (χ4n) is 2.61. The highest BCUT2D eigenvalue weighted by Crippen LogP contribution is 2.31. The normalized spacial score (nSPS) is 18.3. The minimum atomic E-state index is 0.817. The van der Waals surface area contributed by atoms with E-state index in [-0.39, 0.29) is 0 Å². The summed E-state index contributed by atoms with van der Waals surface area (Å²) in [6.45, 7) is 7.15. The smallest absolute Gasteiger partial charge is 0.152 e. The molecule has 1 N–H and O–H groups in total. The number of hydrogen-bond donors (Lipinski definition) is 1. The molecule has 1 aromatic rings. The van der Waals surface area contributed by atoms with Crippen LogP contribution in [0.1, 0.15) is 31.7 Å². The number of fused-ring (bicyclic) bond motifs is 1. The molecule has 2 aliphatic heterocycles. The zero-order valence-corrected chi connectivity index (χ0v) is 12.5. The van der Waals surface area contributed by atoms with Crippen LogP contribution in [0.4, 0.5) is 5.82 Å². The van der Waals surface area contributed by atoms with E-state index in [4.69, 9.17) is 0 Å². The van der Waals surface area contributed by atoms with Crippen LogP contribution in [0.2, 0.25) is 0 Å². The number of nitrogens with zero attached hydrogens (tertiary/aromatic N) is 3. The molecule has 0 saturated heterocycles. The van der Waals surface area contributed by atoms with Crippen LogP contribution in [0.3, 0.4) is 0 Å². The van der Waals surface area contributed by atoms with E-state index in [1.165, 1.54) is 22.4 Å². The molecule has 0 aromatic carbocycles. The van der Waals surface area contributed by atoms with Crippen molar-refractivity contribution in [2.24, 2.45) is 0 Å². The van der Waals surface area contributed by atoms with Crippen molar-refractivity contribution in [3.05, 3.63) is 46.2 Å². The van der Waals surface area contributed by atoms with Gasteiger partial charge in [0.15, 0.2) is 5.82 Å². The van der Waals surface area contributed by atoms with Crippen LogP contribution < -0.4 is 5.32 Å². The third kappa shape index (κ3) is 2.22. The molecule has 104 valence electrons. The van der Waals surface area contributed by atoms with Gasteiger partial charge in [0, 0.05) is 31.7 Å². The summed E-state index contributed by atoms with van der Waals surface area (Å²) in [4.78, 5) is 11.1.